The monoisotopic (exact) mass is 433 g/mol. The van der Waals surface area contributed by atoms with Crippen LogP contribution in [0, 0.1) is 0 Å². The van der Waals surface area contributed by atoms with E-state index in [4.69, 9.17) is 9.94 Å². The Morgan fingerprint density at radius 2 is 1.47 bits per heavy atom. The van der Waals surface area contributed by atoms with Crippen LogP contribution < -0.4 is 20.9 Å². The lowest BCUT2D eigenvalue weighted by Gasteiger charge is -2.19. The Balaban J connectivity index is 1.77. The van der Waals surface area contributed by atoms with Crippen LogP contribution in [0.15, 0.2) is 78.9 Å². The lowest BCUT2D eigenvalue weighted by molar-refractivity contribution is -0.118. The van der Waals surface area contributed by atoms with E-state index in [1.807, 2.05) is 12.1 Å². The average Bonchev–Trinajstić information content (AvgIpc) is 2.84. The highest BCUT2D eigenvalue weighted by Gasteiger charge is 2.22. The van der Waals surface area contributed by atoms with Gasteiger partial charge in [0.05, 0.1) is 7.11 Å². The summed E-state index contributed by atoms with van der Waals surface area (Å²) in [6.07, 6.45) is 0.263. The molecule has 0 heterocycles. The van der Waals surface area contributed by atoms with Gasteiger partial charge in [-0.05, 0) is 54.1 Å². The number of ether oxygens (including phenoxy) is 1. The molecule has 3 aromatic carbocycles. The molecular formula is C24H23N3O5. The third-order valence-electron chi connectivity index (χ3n) is 4.77. The van der Waals surface area contributed by atoms with E-state index >= 15 is 0 Å². The fraction of sp³-hybridized carbons (Fsp3) is 0.125. The Morgan fingerprint density at radius 1 is 0.844 bits per heavy atom. The number of rotatable bonds is 8. The third kappa shape index (κ3) is 5.93. The highest BCUT2D eigenvalue weighted by molar-refractivity contribution is 6.01. The quantitative estimate of drug-likeness (QED) is 0.322. The topological polar surface area (TPSA) is 117 Å². The van der Waals surface area contributed by atoms with Crippen LogP contribution in [0.5, 0.6) is 5.75 Å². The molecule has 3 amide bonds. The van der Waals surface area contributed by atoms with Crippen molar-refractivity contribution >= 4 is 23.4 Å². The van der Waals surface area contributed by atoms with Crippen molar-refractivity contribution in [1.29, 1.82) is 0 Å². The molecule has 0 bridgehead atoms. The van der Waals surface area contributed by atoms with Gasteiger partial charge in [-0.25, -0.2) is 5.48 Å². The summed E-state index contributed by atoms with van der Waals surface area (Å²) in [4.78, 5) is 37.1. The first-order chi connectivity index (χ1) is 15.5. The first-order valence-corrected chi connectivity index (χ1v) is 9.84. The first-order valence-electron chi connectivity index (χ1n) is 9.84. The molecule has 0 unspecified atom stereocenters. The molecule has 164 valence electrons. The van der Waals surface area contributed by atoms with Crippen molar-refractivity contribution in [2.75, 3.05) is 12.4 Å². The number of anilines is 1. The van der Waals surface area contributed by atoms with Gasteiger partial charge in [0.25, 0.3) is 11.8 Å². The van der Waals surface area contributed by atoms with Gasteiger partial charge in [-0.1, -0.05) is 30.3 Å². The van der Waals surface area contributed by atoms with Crippen LogP contribution in [0.2, 0.25) is 0 Å². The van der Waals surface area contributed by atoms with Crippen molar-refractivity contribution in [2.45, 2.75) is 12.5 Å². The fourth-order valence-electron chi connectivity index (χ4n) is 3.04. The molecule has 0 saturated heterocycles. The molecule has 0 radical (unpaired) electrons. The number of carbonyl (C=O) groups excluding carboxylic acids is 3. The van der Waals surface area contributed by atoms with Gasteiger partial charge in [0, 0.05) is 23.2 Å². The third-order valence-corrected chi connectivity index (χ3v) is 4.77. The molecule has 8 nitrogen and oxygen atoms in total. The summed E-state index contributed by atoms with van der Waals surface area (Å²) < 4.78 is 5.16. The van der Waals surface area contributed by atoms with Crippen molar-refractivity contribution in [3.8, 4) is 5.75 Å². The summed E-state index contributed by atoms with van der Waals surface area (Å²) in [5, 5.41) is 14.3. The van der Waals surface area contributed by atoms with Gasteiger partial charge >= 0.3 is 0 Å². The van der Waals surface area contributed by atoms with Gasteiger partial charge in [0.2, 0.25) is 5.91 Å². The second kappa shape index (κ2) is 10.7. The van der Waals surface area contributed by atoms with E-state index < -0.39 is 17.9 Å². The summed E-state index contributed by atoms with van der Waals surface area (Å²) in [7, 11) is 1.57. The van der Waals surface area contributed by atoms with Gasteiger partial charge < -0.3 is 15.4 Å². The van der Waals surface area contributed by atoms with Crippen molar-refractivity contribution in [3.63, 3.8) is 0 Å². The predicted molar refractivity (Wildman–Crippen MR) is 119 cm³/mol. The Labute approximate surface area is 185 Å². The first kappa shape index (κ1) is 22.5. The van der Waals surface area contributed by atoms with Gasteiger partial charge in [-0.15, -0.1) is 0 Å². The lowest BCUT2D eigenvalue weighted by Crippen LogP contribution is -2.45. The maximum absolute atomic E-state index is 13.0. The summed E-state index contributed by atoms with van der Waals surface area (Å²) in [6, 6.07) is 21.0. The number of hydrogen-bond donors (Lipinski definition) is 4. The van der Waals surface area contributed by atoms with Gasteiger partial charge in [0.1, 0.15) is 11.8 Å². The van der Waals surface area contributed by atoms with Crippen molar-refractivity contribution in [1.82, 2.24) is 10.8 Å². The van der Waals surface area contributed by atoms with Crippen LogP contribution in [0.3, 0.4) is 0 Å². The molecule has 3 aromatic rings. The van der Waals surface area contributed by atoms with Crippen molar-refractivity contribution in [2.24, 2.45) is 0 Å². The Kier molecular flexibility index (Phi) is 7.55. The van der Waals surface area contributed by atoms with Crippen molar-refractivity contribution in [3.05, 3.63) is 95.6 Å². The van der Waals surface area contributed by atoms with Gasteiger partial charge in [0.15, 0.2) is 0 Å². The van der Waals surface area contributed by atoms with Crippen LogP contribution in [0.1, 0.15) is 26.3 Å². The molecule has 32 heavy (non-hydrogen) atoms. The molecule has 8 heteroatoms. The normalized spacial score (nSPS) is 11.2. The van der Waals surface area contributed by atoms with E-state index in [9.17, 15) is 14.4 Å². The highest BCUT2D eigenvalue weighted by Crippen LogP contribution is 2.15. The SMILES string of the molecule is COc1ccc(C[C@H](NC(=O)c2ccccc2)C(=O)Nc2ccc(C(=O)NO)cc2)cc1. The zero-order chi connectivity index (χ0) is 22.9. The number of hydrogen-bond acceptors (Lipinski definition) is 5. The van der Waals surface area contributed by atoms with Crippen LogP contribution in [-0.2, 0) is 11.2 Å². The second-order valence-corrected chi connectivity index (χ2v) is 6.95. The minimum Gasteiger partial charge on any atom is -0.497 e. The molecular weight excluding hydrogens is 410 g/mol. The zero-order valence-corrected chi connectivity index (χ0v) is 17.4. The molecule has 0 aromatic heterocycles. The zero-order valence-electron chi connectivity index (χ0n) is 17.4. The molecule has 1 atom stereocenters. The molecule has 3 rings (SSSR count). The Morgan fingerprint density at radius 3 is 2.06 bits per heavy atom. The molecule has 0 aliphatic rings. The van der Waals surface area contributed by atoms with E-state index in [2.05, 4.69) is 10.6 Å². The predicted octanol–water partition coefficient (Wildman–Crippen LogP) is 2.79. The van der Waals surface area contributed by atoms with Crippen LogP contribution >= 0.6 is 0 Å². The number of benzene rings is 3. The smallest absolute Gasteiger partial charge is 0.274 e. The standard InChI is InChI=1S/C24H23N3O5/c1-32-20-13-7-16(8-14-20)15-21(26-22(28)17-5-3-2-4-6-17)24(30)25-19-11-9-18(10-12-19)23(29)27-31/h2-14,21,31H,15H2,1H3,(H,25,30)(H,26,28)(H,27,29)/t21-/m0/s1. The number of nitrogens with one attached hydrogen (secondary N) is 3. The average molecular weight is 433 g/mol. The van der Waals surface area contributed by atoms with Crippen LogP contribution in [0.25, 0.3) is 0 Å². The fourth-order valence-corrected chi connectivity index (χ4v) is 3.04. The maximum Gasteiger partial charge on any atom is 0.274 e. The van der Waals surface area contributed by atoms with E-state index in [1.54, 1.807) is 55.1 Å². The molecule has 0 aliphatic carbocycles. The summed E-state index contributed by atoms with van der Waals surface area (Å²) in [6.45, 7) is 0. The summed E-state index contributed by atoms with van der Waals surface area (Å²) in [5.74, 6) is -0.746. The van der Waals surface area contributed by atoms with E-state index in [0.29, 0.717) is 17.0 Å². The van der Waals surface area contributed by atoms with E-state index in [-0.39, 0.29) is 17.9 Å². The molecule has 0 aliphatic heterocycles. The Hall–Kier alpha value is -4.17. The van der Waals surface area contributed by atoms with Crippen molar-refractivity contribution < 1.29 is 24.3 Å². The van der Waals surface area contributed by atoms with Gasteiger partial charge in [-0.2, -0.15) is 0 Å². The van der Waals surface area contributed by atoms with Gasteiger partial charge in [-0.3, -0.25) is 19.6 Å². The largest absolute Gasteiger partial charge is 0.497 e. The number of hydroxylamine groups is 1. The van der Waals surface area contributed by atoms with E-state index in [1.165, 1.54) is 24.3 Å². The highest BCUT2D eigenvalue weighted by atomic mass is 16.5. The molecule has 0 saturated carbocycles. The maximum atomic E-state index is 13.0. The molecule has 4 N–H and O–H groups in total. The number of carbonyl (C=O) groups is 3. The second-order valence-electron chi connectivity index (χ2n) is 6.95. The number of methoxy groups -OCH3 is 1. The molecule has 0 spiro atoms. The molecule has 0 fully saturated rings. The minimum atomic E-state index is -0.850. The summed E-state index contributed by atoms with van der Waals surface area (Å²) in [5.41, 5.74) is 3.51. The summed E-state index contributed by atoms with van der Waals surface area (Å²) >= 11 is 0. The van der Waals surface area contributed by atoms with E-state index in [0.717, 1.165) is 5.56 Å². The number of amides is 3. The minimum absolute atomic E-state index is 0.234. The Bertz CT molecular complexity index is 1070. The lowest BCUT2D eigenvalue weighted by atomic mass is 10.0. The van der Waals surface area contributed by atoms with Crippen LogP contribution in [-0.4, -0.2) is 36.1 Å². The van der Waals surface area contributed by atoms with Crippen LogP contribution in [0.4, 0.5) is 5.69 Å².